The zero-order valence-corrected chi connectivity index (χ0v) is 16.2. The van der Waals surface area contributed by atoms with Crippen LogP contribution in [-0.2, 0) is 30.6 Å². The second-order valence-corrected chi connectivity index (χ2v) is 8.54. The molecule has 6 heteroatoms. The summed E-state index contributed by atoms with van der Waals surface area (Å²) < 4.78 is 10.9. The van der Waals surface area contributed by atoms with Crippen molar-refractivity contribution >= 4 is 5.91 Å². The maximum Gasteiger partial charge on any atom is 0.231 e. The van der Waals surface area contributed by atoms with Crippen LogP contribution in [0.1, 0.15) is 48.8 Å². The van der Waals surface area contributed by atoms with Crippen LogP contribution in [0.25, 0.3) is 0 Å². The molecule has 3 heterocycles. The number of fused-ring (bicyclic) bond motifs is 2. The van der Waals surface area contributed by atoms with E-state index < -0.39 is 0 Å². The van der Waals surface area contributed by atoms with E-state index in [1.54, 1.807) is 0 Å². The molecule has 0 bridgehead atoms. The molecule has 0 spiro atoms. The summed E-state index contributed by atoms with van der Waals surface area (Å²) in [5.41, 5.74) is 3.67. The third-order valence-electron chi connectivity index (χ3n) is 6.13. The molecule has 146 valence electrons. The van der Waals surface area contributed by atoms with E-state index in [1.165, 1.54) is 11.1 Å². The summed E-state index contributed by atoms with van der Waals surface area (Å²) in [6, 6.07) is 6.15. The van der Waals surface area contributed by atoms with Crippen molar-refractivity contribution in [3.05, 3.63) is 47.0 Å². The van der Waals surface area contributed by atoms with Gasteiger partial charge in [-0.05, 0) is 60.8 Å². The first kappa shape index (κ1) is 17.5. The third-order valence-corrected chi connectivity index (χ3v) is 6.13. The quantitative estimate of drug-likeness (QED) is 0.817. The molecule has 3 aliphatic rings. The average molecular weight is 379 g/mol. The molecule has 1 amide bonds. The molecule has 1 atom stereocenters. The van der Waals surface area contributed by atoms with Crippen LogP contribution in [0.3, 0.4) is 0 Å². The highest BCUT2D eigenvalue weighted by atomic mass is 16.7. The molecule has 0 saturated carbocycles. The molecular weight excluding hydrogens is 354 g/mol. The number of hydrogen-bond donors (Lipinski definition) is 0. The van der Waals surface area contributed by atoms with Crippen LogP contribution in [0.2, 0.25) is 0 Å². The van der Waals surface area contributed by atoms with Crippen LogP contribution in [0, 0.1) is 5.41 Å². The number of rotatable bonds is 4. The number of benzene rings is 1. The van der Waals surface area contributed by atoms with Gasteiger partial charge in [0.1, 0.15) is 5.82 Å². The van der Waals surface area contributed by atoms with Crippen LogP contribution >= 0.6 is 0 Å². The normalized spacial score (nSPS) is 23.2. The van der Waals surface area contributed by atoms with Crippen molar-refractivity contribution < 1.29 is 14.3 Å². The van der Waals surface area contributed by atoms with Gasteiger partial charge in [-0.3, -0.25) is 4.79 Å². The number of carbonyl (C=O) groups excluding carboxylic acids is 1. The van der Waals surface area contributed by atoms with Crippen LogP contribution in [0.4, 0.5) is 0 Å². The molecule has 5 rings (SSSR count). The monoisotopic (exact) mass is 379 g/mol. The Hall–Kier alpha value is -2.63. The molecule has 0 radical (unpaired) electrons. The summed E-state index contributed by atoms with van der Waals surface area (Å²) in [6.07, 6.45) is 7.58. The Morgan fingerprint density at radius 2 is 2.07 bits per heavy atom. The van der Waals surface area contributed by atoms with Crippen LogP contribution < -0.4 is 9.47 Å². The van der Waals surface area contributed by atoms with Gasteiger partial charge in [-0.25, -0.2) is 9.97 Å². The number of likely N-dealkylation sites (tertiary alicyclic amines) is 1. The third kappa shape index (κ3) is 3.32. The number of carbonyl (C=O) groups is 1. The maximum absolute atomic E-state index is 12.6. The van der Waals surface area contributed by atoms with Crippen LogP contribution in [-0.4, -0.2) is 34.1 Å². The summed E-state index contributed by atoms with van der Waals surface area (Å²) in [5.74, 6) is 2.59. The molecule has 1 saturated heterocycles. The van der Waals surface area contributed by atoms with E-state index in [0.29, 0.717) is 19.8 Å². The van der Waals surface area contributed by atoms with E-state index in [2.05, 4.69) is 24.0 Å². The van der Waals surface area contributed by atoms with Gasteiger partial charge in [-0.2, -0.15) is 0 Å². The Balaban J connectivity index is 1.30. The fourth-order valence-corrected chi connectivity index (χ4v) is 4.63. The van der Waals surface area contributed by atoms with Crippen molar-refractivity contribution in [1.82, 2.24) is 14.9 Å². The Labute approximate surface area is 164 Å². The van der Waals surface area contributed by atoms with Gasteiger partial charge in [0.05, 0.1) is 6.54 Å². The van der Waals surface area contributed by atoms with Gasteiger partial charge in [0.25, 0.3) is 0 Å². The molecule has 1 fully saturated rings. The van der Waals surface area contributed by atoms with Gasteiger partial charge in [-0.1, -0.05) is 13.0 Å². The molecule has 1 unspecified atom stereocenters. The summed E-state index contributed by atoms with van der Waals surface area (Å²) in [5, 5.41) is 0. The van der Waals surface area contributed by atoms with Gasteiger partial charge in [0.2, 0.25) is 12.7 Å². The fourth-order valence-electron chi connectivity index (χ4n) is 4.63. The number of aromatic nitrogens is 2. The smallest absolute Gasteiger partial charge is 0.231 e. The zero-order chi connectivity index (χ0) is 19.1. The second-order valence-electron chi connectivity index (χ2n) is 8.54. The predicted octanol–water partition coefficient (Wildman–Crippen LogP) is 3.07. The Morgan fingerprint density at radius 3 is 3.00 bits per heavy atom. The Bertz CT molecular complexity index is 929. The lowest BCUT2D eigenvalue weighted by Crippen LogP contribution is -2.46. The molecular formula is C22H25N3O3. The molecule has 28 heavy (non-hydrogen) atoms. The minimum atomic E-state index is 0.0261. The molecule has 0 N–H and O–H groups in total. The first-order chi connectivity index (χ1) is 13.6. The highest BCUT2D eigenvalue weighted by Crippen LogP contribution is 2.38. The zero-order valence-electron chi connectivity index (χ0n) is 16.2. The lowest BCUT2D eigenvalue weighted by molar-refractivity contribution is -0.138. The van der Waals surface area contributed by atoms with Crippen molar-refractivity contribution in [1.29, 1.82) is 0 Å². The standard InChI is InChI=1S/C22H25N3O3/c1-22(10-15-5-6-18-19(9-15)28-14-27-18)8-7-21(26)25(13-22)12-20-23-11-16-3-2-4-17(16)24-20/h5-6,9,11H,2-4,7-8,10,12-14H2,1H3. The van der Waals surface area contributed by atoms with Gasteiger partial charge in [0, 0.05) is 24.9 Å². The van der Waals surface area contributed by atoms with Crippen molar-refractivity contribution in [2.24, 2.45) is 5.41 Å². The fraction of sp³-hybridized carbons (Fsp3) is 0.500. The van der Waals surface area contributed by atoms with Gasteiger partial charge in [-0.15, -0.1) is 0 Å². The SMILES string of the molecule is CC1(Cc2ccc3c(c2)OCO3)CCC(=O)N(Cc2ncc3c(n2)CCC3)C1. The first-order valence-corrected chi connectivity index (χ1v) is 10.1. The Kier molecular flexibility index (Phi) is 4.22. The highest BCUT2D eigenvalue weighted by Gasteiger charge is 2.35. The van der Waals surface area contributed by atoms with E-state index in [1.807, 2.05) is 17.2 Å². The van der Waals surface area contributed by atoms with E-state index >= 15 is 0 Å². The summed E-state index contributed by atoms with van der Waals surface area (Å²) in [4.78, 5) is 23.7. The van der Waals surface area contributed by atoms with Gasteiger partial charge >= 0.3 is 0 Å². The van der Waals surface area contributed by atoms with Gasteiger partial charge < -0.3 is 14.4 Å². The molecule has 2 aliphatic heterocycles. The first-order valence-electron chi connectivity index (χ1n) is 10.1. The minimum Gasteiger partial charge on any atom is -0.454 e. The van der Waals surface area contributed by atoms with E-state index in [4.69, 9.17) is 14.5 Å². The molecule has 2 aromatic rings. The van der Waals surface area contributed by atoms with Gasteiger partial charge in [0.15, 0.2) is 11.5 Å². The highest BCUT2D eigenvalue weighted by molar-refractivity contribution is 5.77. The van der Waals surface area contributed by atoms with Crippen LogP contribution in [0.5, 0.6) is 11.5 Å². The molecule has 6 nitrogen and oxygen atoms in total. The maximum atomic E-state index is 12.6. The number of nitrogens with zero attached hydrogens (tertiary/aromatic N) is 3. The number of ether oxygens (including phenoxy) is 2. The average Bonchev–Trinajstić information content (AvgIpc) is 3.33. The summed E-state index contributed by atoms with van der Waals surface area (Å²) >= 11 is 0. The van der Waals surface area contributed by atoms with Crippen molar-refractivity contribution in [2.75, 3.05) is 13.3 Å². The topological polar surface area (TPSA) is 64.6 Å². The van der Waals surface area contributed by atoms with E-state index in [9.17, 15) is 4.79 Å². The molecule has 1 aromatic heterocycles. The second kappa shape index (κ2) is 6.76. The number of amides is 1. The lowest BCUT2D eigenvalue weighted by atomic mass is 9.76. The molecule has 1 aliphatic carbocycles. The number of aryl methyl sites for hydroxylation is 2. The number of piperidine rings is 1. The molecule has 1 aromatic carbocycles. The van der Waals surface area contributed by atoms with Crippen molar-refractivity contribution in [2.45, 2.75) is 52.0 Å². The van der Waals surface area contributed by atoms with E-state index in [0.717, 1.165) is 61.7 Å². The minimum absolute atomic E-state index is 0.0261. The van der Waals surface area contributed by atoms with Crippen LogP contribution in [0.15, 0.2) is 24.4 Å². The van der Waals surface area contributed by atoms with E-state index in [-0.39, 0.29) is 11.3 Å². The van der Waals surface area contributed by atoms with Crippen molar-refractivity contribution in [3.8, 4) is 11.5 Å². The lowest BCUT2D eigenvalue weighted by Gasteiger charge is -2.40. The summed E-state index contributed by atoms with van der Waals surface area (Å²) in [7, 11) is 0. The number of hydrogen-bond acceptors (Lipinski definition) is 5. The predicted molar refractivity (Wildman–Crippen MR) is 103 cm³/mol. The van der Waals surface area contributed by atoms with Crippen molar-refractivity contribution in [3.63, 3.8) is 0 Å². The summed E-state index contributed by atoms with van der Waals surface area (Å²) in [6.45, 7) is 3.78. The largest absolute Gasteiger partial charge is 0.454 e. The Morgan fingerprint density at radius 1 is 1.18 bits per heavy atom.